The van der Waals surface area contributed by atoms with Crippen molar-refractivity contribution in [3.8, 4) is 0 Å². The fourth-order valence-electron chi connectivity index (χ4n) is 2.04. The van der Waals surface area contributed by atoms with Gasteiger partial charge in [-0.3, -0.25) is 0 Å². The molecule has 0 unspecified atom stereocenters. The van der Waals surface area contributed by atoms with Gasteiger partial charge >= 0.3 is 0 Å². The normalized spacial score (nSPS) is 18.6. The molecule has 1 saturated heterocycles. The SMILES string of the molecule is CC1(Nc2c(N)cc(N)c(Cl)c2F)CCOCC1. The number of nitrogen functional groups attached to an aromatic ring is 2. The number of ether oxygens (including phenoxy) is 1. The van der Waals surface area contributed by atoms with E-state index < -0.39 is 5.82 Å². The lowest BCUT2D eigenvalue weighted by Crippen LogP contribution is -2.41. The van der Waals surface area contributed by atoms with E-state index in [4.69, 9.17) is 27.8 Å². The number of hydrogen-bond acceptors (Lipinski definition) is 4. The van der Waals surface area contributed by atoms with Gasteiger partial charge in [0.2, 0.25) is 0 Å². The van der Waals surface area contributed by atoms with Crippen LogP contribution in [0.1, 0.15) is 19.8 Å². The van der Waals surface area contributed by atoms with E-state index in [-0.39, 0.29) is 27.6 Å². The quantitative estimate of drug-likeness (QED) is 0.724. The van der Waals surface area contributed by atoms with Crippen LogP contribution in [0.15, 0.2) is 6.07 Å². The van der Waals surface area contributed by atoms with Crippen LogP contribution in [-0.4, -0.2) is 18.8 Å². The lowest BCUT2D eigenvalue weighted by molar-refractivity contribution is 0.0657. The van der Waals surface area contributed by atoms with Crippen LogP contribution in [0.2, 0.25) is 5.02 Å². The molecule has 2 rings (SSSR count). The number of nitrogens with two attached hydrogens (primary N) is 2. The fraction of sp³-hybridized carbons (Fsp3) is 0.500. The Balaban J connectivity index is 2.31. The first kappa shape index (κ1) is 13.2. The Morgan fingerprint density at radius 3 is 2.56 bits per heavy atom. The van der Waals surface area contributed by atoms with E-state index in [2.05, 4.69) is 5.32 Å². The van der Waals surface area contributed by atoms with Crippen molar-refractivity contribution in [1.82, 2.24) is 0 Å². The second-order valence-corrected chi connectivity index (χ2v) is 5.23. The summed E-state index contributed by atoms with van der Waals surface area (Å²) in [7, 11) is 0. The van der Waals surface area contributed by atoms with Gasteiger partial charge in [0, 0.05) is 18.8 Å². The third-order valence-corrected chi connectivity index (χ3v) is 3.67. The van der Waals surface area contributed by atoms with Crippen LogP contribution in [0, 0.1) is 5.82 Å². The van der Waals surface area contributed by atoms with E-state index in [0.29, 0.717) is 13.2 Å². The minimum atomic E-state index is -0.595. The average molecular weight is 274 g/mol. The van der Waals surface area contributed by atoms with Gasteiger partial charge in [-0.05, 0) is 25.8 Å². The third-order valence-electron chi connectivity index (χ3n) is 3.29. The molecule has 100 valence electrons. The van der Waals surface area contributed by atoms with Gasteiger partial charge in [0.05, 0.1) is 17.1 Å². The first-order chi connectivity index (χ1) is 8.43. The van der Waals surface area contributed by atoms with E-state index in [0.717, 1.165) is 12.8 Å². The zero-order valence-electron chi connectivity index (χ0n) is 10.2. The Morgan fingerprint density at radius 1 is 1.33 bits per heavy atom. The third kappa shape index (κ3) is 2.47. The largest absolute Gasteiger partial charge is 0.397 e. The van der Waals surface area contributed by atoms with Gasteiger partial charge in [-0.25, -0.2) is 4.39 Å². The highest BCUT2D eigenvalue weighted by molar-refractivity contribution is 6.33. The van der Waals surface area contributed by atoms with Crippen molar-refractivity contribution in [3.05, 3.63) is 16.9 Å². The number of nitrogens with one attached hydrogen (secondary N) is 1. The molecule has 1 aliphatic heterocycles. The summed E-state index contributed by atoms with van der Waals surface area (Å²) in [4.78, 5) is 0. The molecule has 1 heterocycles. The molecule has 0 amide bonds. The van der Waals surface area contributed by atoms with Crippen molar-refractivity contribution < 1.29 is 9.13 Å². The van der Waals surface area contributed by atoms with Gasteiger partial charge < -0.3 is 21.5 Å². The highest BCUT2D eigenvalue weighted by Crippen LogP contribution is 2.36. The molecule has 5 N–H and O–H groups in total. The Kier molecular flexibility index (Phi) is 3.54. The maximum atomic E-state index is 14.1. The number of anilines is 3. The Labute approximate surface area is 110 Å². The predicted octanol–water partition coefficient (Wildman–Crippen LogP) is 2.62. The zero-order chi connectivity index (χ0) is 13.3. The Morgan fingerprint density at radius 2 is 1.94 bits per heavy atom. The van der Waals surface area contributed by atoms with Crippen LogP contribution in [-0.2, 0) is 4.74 Å². The van der Waals surface area contributed by atoms with E-state index in [1.807, 2.05) is 6.92 Å². The molecular weight excluding hydrogens is 257 g/mol. The molecule has 18 heavy (non-hydrogen) atoms. The van der Waals surface area contributed by atoms with Crippen LogP contribution in [0.25, 0.3) is 0 Å². The molecule has 1 aliphatic rings. The molecule has 0 bridgehead atoms. The summed E-state index contributed by atoms with van der Waals surface area (Å²) in [5, 5.41) is 3.05. The minimum Gasteiger partial charge on any atom is -0.397 e. The predicted molar refractivity (Wildman–Crippen MR) is 72.3 cm³/mol. The molecule has 0 saturated carbocycles. The van der Waals surface area contributed by atoms with Gasteiger partial charge in [0.1, 0.15) is 5.02 Å². The smallest absolute Gasteiger partial charge is 0.169 e. The van der Waals surface area contributed by atoms with Crippen molar-refractivity contribution in [2.24, 2.45) is 0 Å². The van der Waals surface area contributed by atoms with Gasteiger partial charge in [-0.1, -0.05) is 11.6 Å². The van der Waals surface area contributed by atoms with E-state index in [1.54, 1.807) is 0 Å². The molecule has 0 atom stereocenters. The Bertz CT molecular complexity index is 461. The van der Waals surface area contributed by atoms with E-state index in [1.165, 1.54) is 6.07 Å². The molecule has 1 aromatic rings. The second-order valence-electron chi connectivity index (χ2n) is 4.86. The Hall–Kier alpha value is -1.20. The molecule has 1 fully saturated rings. The summed E-state index contributed by atoms with van der Waals surface area (Å²) in [6, 6.07) is 1.47. The lowest BCUT2D eigenvalue weighted by Gasteiger charge is -2.36. The summed E-state index contributed by atoms with van der Waals surface area (Å²) in [5.74, 6) is -0.595. The summed E-state index contributed by atoms with van der Waals surface area (Å²) < 4.78 is 19.4. The van der Waals surface area contributed by atoms with Crippen molar-refractivity contribution >= 4 is 28.7 Å². The maximum Gasteiger partial charge on any atom is 0.169 e. The first-order valence-electron chi connectivity index (χ1n) is 5.82. The highest BCUT2D eigenvalue weighted by atomic mass is 35.5. The van der Waals surface area contributed by atoms with Gasteiger partial charge in [-0.15, -0.1) is 0 Å². The lowest BCUT2D eigenvalue weighted by atomic mass is 9.92. The van der Waals surface area contributed by atoms with Gasteiger partial charge in [0.25, 0.3) is 0 Å². The molecule has 1 aromatic carbocycles. The number of hydrogen-bond donors (Lipinski definition) is 3. The first-order valence-corrected chi connectivity index (χ1v) is 6.20. The number of benzene rings is 1. The molecule has 0 aromatic heterocycles. The average Bonchev–Trinajstić information content (AvgIpc) is 2.33. The number of halogens is 2. The second kappa shape index (κ2) is 4.82. The zero-order valence-corrected chi connectivity index (χ0v) is 11.0. The van der Waals surface area contributed by atoms with Gasteiger partial charge in [-0.2, -0.15) is 0 Å². The molecule has 0 aliphatic carbocycles. The number of rotatable bonds is 2. The highest BCUT2D eigenvalue weighted by Gasteiger charge is 2.29. The molecule has 6 heteroatoms. The topological polar surface area (TPSA) is 73.3 Å². The standard InChI is InChI=1S/C12H17ClFN3O/c1-12(2-4-18-5-3-12)17-11-8(16)6-7(15)9(13)10(11)14/h6,17H,2-5,15-16H2,1H3. The van der Waals surface area contributed by atoms with Crippen LogP contribution in [0.5, 0.6) is 0 Å². The van der Waals surface area contributed by atoms with Crippen molar-refractivity contribution in [3.63, 3.8) is 0 Å². The minimum absolute atomic E-state index is 0.0950. The maximum absolute atomic E-state index is 14.1. The van der Waals surface area contributed by atoms with Crippen molar-refractivity contribution in [2.45, 2.75) is 25.3 Å². The van der Waals surface area contributed by atoms with Gasteiger partial charge in [0.15, 0.2) is 5.82 Å². The fourth-order valence-corrected chi connectivity index (χ4v) is 2.19. The van der Waals surface area contributed by atoms with Crippen molar-refractivity contribution in [1.29, 1.82) is 0 Å². The monoisotopic (exact) mass is 273 g/mol. The van der Waals surface area contributed by atoms with Crippen LogP contribution < -0.4 is 16.8 Å². The van der Waals surface area contributed by atoms with E-state index >= 15 is 0 Å². The molecule has 0 radical (unpaired) electrons. The van der Waals surface area contributed by atoms with E-state index in [9.17, 15) is 4.39 Å². The summed E-state index contributed by atoms with van der Waals surface area (Å²) in [6.45, 7) is 3.31. The summed E-state index contributed by atoms with van der Waals surface area (Å²) in [5.41, 5.74) is 11.7. The molecular formula is C12H17ClFN3O. The molecule has 0 spiro atoms. The van der Waals surface area contributed by atoms with Crippen LogP contribution in [0.4, 0.5) is 21.5 Å². The van der Waals surface area contributed by atoms with Crippen LogP contribution >= 0.6 is 11.6 Å². The van der Waals surface area contributed by atoms with Crippen LogP contribution in [0.3, 0.4) is 0 Å². The summed E-state index contributed by atoms with van der Waals surface area (Å²) in [6.07, 6.45) is 1.57. The van der Waals surface area contributed by atoms with Crippen molar-refractivity contribution in [2.75, 3.05) is 30.0 Å². The molecule has 4 nitrogen and oxygen atoms in total. The summed E-state index contributed by atoms with van der Waals surface area (Å²) >= 11 is 5.80.